The molecule has 5 heteroatoms. The number of ether oxygens (including phenoxy) is 3. The molecule has 0 radical (unpaired) electrons. The fourth-order valence-electron chi connectivity index (χ4n) is 1.93. The van der Waals surface area contributed by atoms with Gasteiger partial charge in [-0.15, -0.1) is 0 Å². The lowest BCUT2D eigenvalue weighted by molar-refractivity contribution is 0.163. The second-order valence-electron chi connectivity index (χ2n) is 3.88. The van der Waals surface area contributed by atoms with Gasteiger partial charge in [0.05, 0.1) is 32.5 Å². The van der Waals surface area contributed by atoms with E-state index in [-0.39, 0.29) is 0 Å². The van der Waals surface area contributed by atoms with Gasteiger partial charge in [-0.25, -0.2) is 0 Å². The zero-order valence-corrected chi connectivity index (χ0v) is 11.3. The van der Waals surface area contributed by atoms with E-state index in [1.165, 1.54) is 0 Å². The van der Waals surface area contributed by atoms with Gasteiger partial charge in [0.1, 0.15) is 11.5 Å². The van der Waals surface area contributed by atoms with Crippen LogP contribution in [0.1, 0.15) is 17.2 Å². The molecule has 18 heavy (non-hydrogen) atoms. The predicted octanol–water partition coefficient (Wildman–Crippen LogP) is 1.10. The number of benzene rings is 1. The predicted molar refractivity (Wildman–Crippen MR) is 69.1 cm³/mol. The quantitative estimate of drug-likeness (QED) is 0.764. The topological polar surface area (TPSA) is 60.0 Å². The van der Waals surface area contributed by atoms with Gasteiger partial charge in [-0.3, -0.25) is 0 Å². The average molecular weight is 255 g/mol. The van der Waals surface area contributed by atoms with Crippen LogP contribution in [0.5, 0.6) is 11.5 Å². The fourth-order valence-corrected chi connectivity index (χ4v) is 1.93. The van der Waals surface area contributed by atoms with E-state index >= 15 is 0 Å². The summed E-state index contributed by atoms with van der Waals surface area (Å²) in [6, 6.07) is 3.68. The molecule has 0 aliphatic rings. The Morgan fingerprint density at radius 1 is 1.22 bits per heavy atom. The third-order valence-corrected chi connectivity index (χ3v) is 2.69. The molecule has 0 fully saturated rings. The molecule has 0 bridgehead atoms. The highest BCUT2D eigenvalue weighted by atomic mass is 16.5. The van der Waals surface area contributed by atoms with Crippen molar-refractivity contribution < 1.29 is 19.3 Å². The van der Waals surface area contributed by atoms with E-state index in [1.54, 1.807) is 28.4 Å². The van der Waals surface area contributed by atoms with Crippen LogP contribution < -0.4 is 14.8 Å². The van der Waals surface area contributed by atoms with E-state index in [4.69, 9.17) is 14.2 Å². The van der Waals surface area contributed by atoms with Crippen molar-refractivity contribution in [2.75, 3.05) is 34.9 Å². The third kappa shape index (κ3) is 3.13. The number of hydrogen-bond acceptors (Lipinski definition) is 5. The zero-order chi connectivity index (χ0) is 13.5. The molecular formula is C13H21NO4. The Morgan fingerprint density at radius 2 is 1.94 bits per heavy atom. The number of nitrogens with one attached hydrogen (secondary N) is 1. The lowest BCUT2D eigenvalue weighted by atomic mass is 10.0. The summed E-state index contributed by atoms with van der Waals surface area (Å²) in [5.74, 6) is 1.22. The maximum Gasteiger partial charge on any atom is 0.133 e. The standard InChI is InChI=1S/C13H21NO4/c1-14-7-10(15)12-11(17-3)6-5-9(8-16-2)13(12)18-4/h5-6,10,14-15H,7-8H2,1-4H3. The molecule has 102 valence electrons. The highest BCUT2D eigenvalue weighted by Gasteiger charge is 2.21. The Hall–Kier alpha value is -1.30. The normalized spacial score (nSPS) is 12.3. The van der Waals surface area contributed by atoms with Gasteiger partial charge in [0.2, 0.25) is 0 Å². The summed E-state index contributed by atoms with van der Waals surface area (Å²) in [6.07, 6.45) is -0.697. The van der Waals surface area contributed by atoms with E-state index in [2.05, 4.69) is 5.32 Å². The number of aliphatic hydroxyl groups is 1. The zero-order valence-electron chi connectivity index (χ0n) is 11.3. The molecule has 2 N–H and O–H groups in total. The van der Waals surface area contributed by atoms with Crippen LogP contribution in [-0.2, 0) is 11.3 Å². The minimum absolute atomic E-state index is 0.420. The SMILES string of the molecule is CNCC(O)c1c(OC)ccc(COC)c1OC. The Bertz CT molecular complexity index is 381. The van der Waals surface area contributed by atoms with Gasteiger partial charge in [0.15, 0.2) is 0 Å². The highest BCUT2D eigenvalue weighted by Crippen LogP contribution is 2.37. The number of hydrogen-bond donors (Lipinski definition) is 2. The second-order valence-corrected chi connectivity index (χ2v) is 3.88. The van der Waals surface area contributed by atoms with Crippen LogP contribution in [0.2, 0.25) is 0 Å². The molecule has 1 rings (SSSR count). The van der Waals surface area contributed by atoms with Gasteiger partial charge in [-0.2, -0.15) is 0 Å². The monoisotopic (exact) mass is 255 g/mol. The molecular weight excluding hydrogens is 234 g/mol. The Labute approximate surface area is 108 Å². The minimum Gasteiger partial charge on any atom is -0.496 e. The first-order valence-corrected chi connectivity index (χ1v) is 5.74. The van der Waals surface area contributed by atoms with Gasteiger partial charge in [0.25, 0.3) is 0 Å². The molecule has 1 atom stereocenters. The molecule has 0 spiro atoms. The van der Waals surface area contributed by atoms with Crippen molar-refractivity contribution in [1.29, 1.82) is 0 Å². The molecule has 0 amide bonds. The van der Waals surface area contributed by atoms with E-state index < -0.39 is 6.10 Å². The van der Waals surface area contributed by atoms with E-state index in [9.17, 15) is 5.11 Å². The number of likely N-dealkylation sites (N-methyl/N-ethyl adjacent to an activating group) is 1. The number of rotatable bonds is 7. The Morgan fingerprint density at radius 3 is 2.44 bits per heavy atom. The van der Waals surface area contributed by atoms with Crippen molar-refractivity contribution in [2.45, 2.75) is 12.7 Å². The van der Waals surface area contributed by atoms with Crippen LogP contribution in [-0.4, -0.2) is 40.0 Å². The molecule has 0 saturated heterocycles. The van der Waals surface area contributed by atoms with Crippen LogP contribution in [0.4, 0.5) is 0 Å². The van der Waals surface area contributed by atoms with Crippen molar-refractivity contribution in [2.24, 2.45) is 0 Å². The van der Waals surface area contributed by atoms with Crippen molar-refractivity contribution in [3.63, 3.8) is 0 Å². The van der Waals surface area contributed by atoms with Crippen molar-refractivity contribution in [3.8, 4) is 11.5 Å². The summed E-state index contributed by atoms with van der Waals surface area (Å²) in [5.41, 5.74) is 1.52. The largest absolute Gasteiger partial charge is 0.496 e. The van der Waals surface area contributed by atoms with Gasteiger partial charge >= 0.3 is 0 Å². The lowest BCUT2D eigenvalue weighted by Gasteiger charge is -2.20. The van der Waals surface area contributed by atoms with Crippen LogP contribution >= 0.6 is 0 Å². The van der Waals surface area contributed by atoms with Crippen LogP contribution in [0.25, 0.3) is 0 Å². The van der Waals surface area contributed by atoms with Crippen molar-refractivity contribution in [3.05, 3.63) is 23.3 Å². The molecule has 0 aliphatic carbocycles. The summed E-state index contributed by atoms with van der Waals surface area (Å²) in [6.45, 7) is 0.843. The van der Waals surface area contributed by atoms with Gasteiger partial charge in [-0.1, -0.05) is 0 Å². The summed E-state index contributed by atoms with van der Waals surface area (Å²) in [7, 11) is 6.54. The van der Waals surface area contributed by atoms with Crippen LogP contribution in [0.3, 0.4) is 0 Å². The summed E-state index contributed by atoms with van der Waals surface area (Å²) >= 11 is 0. The molecule has 0 aliphatic heterocycles. The smallest absolute Gasteiger partial charge is 0.133 e. The van der Waals surface area contributed by atoms with Crippen LogP contribution in [0.15, 0.2) is 12.1 Å². The van der Waals surface area contributed by atoms with Crippen molar-refractivity contribution >= 4 is 0 Å². The maximum atomic E-state index is 10.2. The van der Waals surface area contributed by atoms with E-state index in [0.717, 1.165) is 5.56 Å². The molecule has 0 heterocycles. The van der Waals surface area contributed by atoms with E-state index in [0.29, 0.717) is 30.2 Å². The second kappa shape index (κ2) is 7.20. The number of methoxy groups -OCH3 is 3. The van der Waals surface area contributed by atoms with Gasteiger partial charge in [0, 0.05) is 19.2 Å². The first-order valence-electron chi connectivity index (χ1n) is 5.74. The first kappa shape index (κ1) is 14.8. The maximum absolute atomic E-state index is 10.2. The summed E-state index contributed by atoms with van der Waals surface area (Å²) < 4.78 is 15.8. The fraction of sp³-hybridized carbons (Fsp3) is 0.538. The summed E-state index contributed by atoms with van der Waals surface area (Å²) in [5, 5.41) is 13.1. The summed E-state index contributed by atoms with van der Waals surface area (Å²) in [4.78, 5) is 0. The third-order valence-electron chi connectivity index (χ3n) is 2.69. The Balaban J connectivity index is 3.26. The number of aliphatic hydroxyl groups excluding tert-OH is 1. The van der Waals surface area contributed by atoms with E-state index in [1.807, 2.05) is 12.1 Å². The first-order chi connectivity index (χ1) is 8.69. The molecule has 5 nitrogen and oxygen atoms in total. The van der Waals surface area contributed by atoms with Gasteiger partial charge in [-0.05, 0) is 19.2 Å². The Kier molecular flexibility index (Phi) is 5.91. The average Bonchev–Trinajstić information content (AvgIpc) is 2.38. The minimum atomic E-state index is -0.697. The molecule has 1 aromatic rings. The van der Waals surface area contributed by atoms with Crippen LogP contribution in [0, 0.1) is 0 Å². The van der Waals surface area contributed by atoms with Gasteiger partial charge < -0.3 is 24.6 Å². The molecule has 0 aromatic heterocycles. The molecule has 0 saturated carbocycles. The van der Waals surface area contributed by atoms with Crippen molar-refractivity contribution in [1.82, 2.24) is 5.32 Å². The highest BCUT2D eigenvalue weighted by molar-refractivity contribution is 5.51. The molecule has 1 unspecified atom stereocenters. The molecule has 1 aromatic carbocycles. The lowest BCUT2D eigenvalue weighted by Crippen LogP contribution is -2.18.